The molecule has 3 fully saturated rings. The van der Waals surface area contributed by atoms with Crippen LogP contribution in [0.5, 0.6) is 0 Å². The number of hydrogen-bond acceptors (Lipinski definition) is 2. The number of piperidine rings is 2. The minimum absolute atomic E-state index is 0.927. The van der Waals surface area contributed by atoms with Crippen LogP contribution in [-0.4, -0.2) is 36.6 Å². The second-order valence-electron chi connectivity index (χ2n) is 5.01. The number of rotatable bonds is 1. The van der Waals surface area contributed by atoms with E-state index in [1.165, 1.54) is 51.7 Å². The van der Waals surface area contributed by atoms with Crippen molar-refractivity contribution in [2.24, 2.45) is 5.92 Å². The summed E-state index contributed by atoms with van der Waals surface area (Å²) in [4.78, 5) is 2.83. The lowest BCUT2D eigenvalue weighted by Gasteiger charge is -2.37. The molecule has 2 saturated heterocycles. The van der Waals surface area contributed by atoms with Crippen molar-refractivity contribution in [3.05, 3.63) is 0 Å². The summed E-state index contributed by atoms with van der Waals surface area (Å²) in [5, 5.41) is 3.46. The fraction of sp³-hybridized carbons (Fsp3) is 1.00. The van der Waals surface area contributed by atoms with Gasteiger partial charge in [0.15, 0.2) is 0 Å². The highest BCUT2D eigenvalue weighted by atomic mass is 15.2. The smallest absolute Gasteiger partial charge is 0.0122 e. The molecule has 0 spiro atoms. The van der Waals surface area contributed by atoms with Gasteiger partial charge in [-0.2, -0.15) is 0 Å². The zero-order valence-electron chi connectivity index (χ0n) is 8.34. The van der Waals surface area contributed by atoms with Crippen molar-refractivity contribution >= 4 is 0 Å². The molecule has 0 aromatic heterocycles. The van der Waals surface area contributed by atoms with Gasteiger partial charge in [-0.3, -0.25) is 4.90 Å². The Morgan fingerprint density at radius 1 is 0.923 bits per heavy atom. The summed E-state index contributed by atoms with van der Waals surface area (Å²) in [5.41, 5.74) is 0. The molecule has 0 radical (unpaired) electrons. The second kappa shape index (κ2) is 3.25. The van der Waals surface area contributed by atoms with Crippen molar-refractivity contribution in [2.45, 2.75) is 44.2 Å². The van der Waals surface area contributed by atoms with Gasteiger partial charge in [-0.15, -0.1) is 0 Å². The van der Waals surface area contributed by atoms with Crippen LogP contribution >= 0.6 is 0 Å². The molecule has 1 saturated carbocycles. The van der Waals surface area contributed by atoms with Crippen molar-refractivity contribution in [1.29, 1.82) is 0 Å². The highest BCUT2D eigenvalue weighted by Crippen LogP contribution is 2.39. The monoisotopic (exact) mass is 180 g/mol. The zero-order chi connectivity index (χ0) is 8.67. The molecule has 0 amide bonds. The fourth-order valence-electron chi connectivity index (χ4n) is 3.55. The summed E-state index contributed by atoms with van der Waals surface area (Å²) in [5.74, 6) is 1.07. The molecule has 2 aliphatic heterocycles. The number of likely N-dealkylation sites (tertiary alicyclic amines) is 1. The summed E-state index contributed by atoms with van der Waals surface area (Å²) < 4.78 is 0. The van der Waals surface area contributed by atoms with Gasteiger partial charge in [0, 0.05) is 18.6 Å². The Kier molecular flexibility index (Phi) is 2.06. The lowest BCUT2D eigenvalue weighted by Crippen LogP contribution is -2.46. The molecule has 74 valence electrons. The second-order valence-corrected chi connectivity index (χ2v) is 5.01. The first-order valence-electron chi connectivity index (χ1n) is 5.90. The topological polar surface area (TPSA) is 15.3 Å². The van der Waals surface area contributed by atoms with E-state index in [0.717, 1.165) is 18.0 Å². The Balaban J connectivity index is 1.65. The van der Waals surface area contributed by atoms with Gasteiger partial charge in [-0.05, 0) is 51.1 Å². The first-order valence-corrected chi connectivity index (χ1v) is 5.90. The number of fused-ring (bicyclic) bond motifs is 2. The predicted octanol–water partition coefficient (Wildman–Crippen LogP) is 1.22. The average Bonchev–Trinajstić information content (AvgIpc) is 2.80. The molecule has 2 nitrogen and oxygen atoms in total. The molecule has 3 aliphatic rings. The Labute approximate surface area is 80.7 Å². The largest absolute Gasteiger partial charge is 0.317 e. The highest BCUT2D eigenvalue weighted by Gasteiger charge is 2.40. The quantitative estimate of drug-likeness (QED) is 0.653. The van der Waals surface area contributed by atoms with E-state index in [1.807, 2.05) is 0 Å². The van der Waals surface area contributed by atoms with Crippen LogP contribution < -0.4 is 5.32 Å². The minimum Gasteiger partial charge on any atom is -0.317 e. The van der Waals surface area contributed by atoms with E-state index >= 15 is 0 Å². The third kappa shape index (κ3) is 1.40. The summed E-state index contributed by atoms with van der Waals surface area (Å²) >= 11 is 0. The van der Waals surface area contributed by atoms with Gasteiger partial charge in [0.05, 0.1) is 0 Å². The first kappa shape index (κ1) is 8.25. The molecule has 1 aliphatic carbocycles. The van der Waals surface area contributed by atoms with E-state index in [-0.39, 0.29) is 0 Å². The third-order valence-electron chi connectivity index (χ3n) is 4.23. The molecular weight excluding hydrogens is 160 g/mol. The van der Waals surface area contributed by atoms with E-state index in [2.05, 4.69) is 10.2 Å². The molecule has 2 heterocycles. The molecule has 2 atom stereocenters. The van der Waals surface area contributed by atoms with Gasteiger partial charge in [-0.25, -0.2) is 0 Å². The van der Waals surface area contributed by atoms with Gasteiger partial charge in [0.1, 0.15) is 0 Å². The average molecular weight is 180 g/mol. The van der Waals surface area contributed by atoms with Crippen LogP contribution in [0.1, 0.15) is 32.1 Å². The third-order valence-corrected chi connectivity index (χ3v) is 4.23. The molecule has 3 rings (SSSR count). The van der Waals surface area contributed by atoms with Gasteiger partial charge >= 0.3 is 0 Å². The van der Waals surface area contributed by atoms with Crippen LogP contribution in [0.4, 0.5) is 0 Å². The molecule has 2 unspecified atom stereocenters. The lowest BCUT2D eigenvalue weighted by atomic mass is 10.0. The van der Waals surface area contributed by atoms with Crippen LogP contribution in [0.2, 0.25) is 0 Å². The molecular formula is C11H20N2. The van der Waals surface area contributed by atoms with Gasteiger partial charge in [0.2, 0.25) is 0 Å². The summed E-state index contributed by atoms with van der Waals surface area (Å²) in [6, 6.07) is 1.91. The van der Waals surface area contributed by atoms with Crippen LogP contribution in [-0.2, 0) is 0 Å². The molecule has 2 heteroatoms. The van der Waals surface area contributed by atoms with E-state index < -0.39 is 0 Å². The fourth-order valence-corrected chi connectivity index (χ4v) is 3.55. The lowest BCUT2D eigenvalue weighted by molar-refractivity contribution is 0.123. The van der Waals surface area contributed by atoms with Crippen molar-refractivity contribution in [3.8, 4) is 0 Å². The SMILES string of the molecule is C1CC(N2CC3CCC2C3)CCN1. The van der Waals surface area contributed by atoms with Crippen LogP contribution in [0.15, 0.2) is 0 Å². The van der Waals surface area contributed by atoms with E-state index in [1.54, 1.807) is 0 Å². The molecule has 13 heavy (non-hydrogen) atoms. The number of nitrogens with one attached hydrogen (secondary N) is 1. The molecule has 1 N–H and O–H groups in total. The zero-order valence-corrected chi connectivity index (χ0v) is 8.34. The number of hydrogen-bond donors (Lipinski definition) is 1. The van der Waals surface area contributed by atoms with E-state index in [0.29, 0.717) is 0 Å². The summed E-state index contributed by atoms with van der Waals surface area (Å²) in [7, 11) is 0. The minimum atomic E-state index is 0.927. The van der Waals surface area contributed by atoms with Crippen molar-refractivity contribution in [3.63, 3.8) is 0 Å². The summed E-state index contributed by atoms with van der Waals surface area (Å²) in [6.45, 7) is 3.92. The van der Waals surface area contributed by atoms with Crippen LogP contribution in [0, 0.1) is 5.92 Å². The normalized spacial score (nSPS) is 41.5. The first-order chi connectivity index (χ1) is 6.43. The van der Waals surface area contributed by atoms with Crippen molar-refractivity contribution < 1.29 is 0 Å². The molecule has 0 aromatic rings. The van der Waals surface area contributed by atoms with E-state index in [9.17, 15) is 0 Å². The van der Waals surface area contributed by atoms with Crippen LogP contribution in [0.25, 0.3) is 0 Å². The Morgan fingerprint density at radius 3 is 2.38 bits per heavy atom. The maximum atomic E-state index is 3.46. The Hall–Kier alpha value is -0.0800. The Bertz CT molecular complexity index is 187. The van der Waals surface area contributed by atoms with Crippen LogP contribution in [0.3, 0.4) is 0 Å². The van der Waals surface area contributed by atoms with Gasteiger partial charge in [0.25, 0.3) is 0 Å². The van der Waals surface area contributed by atoms with Crippen molar-refractivity contribution in [2.75, 3.05) is 19.6 Å². The predicted molar refractivity (Wildman–Crippen MR) is 53.7 cm³/mol. The summed E-state index contributed by atoms with van der Waals surface area (Å²) in [6.07, 6.45) is 7.32. The molecule has 0 aromatic carbocycles. The standard InChI is InChI=1S/C11H20N2/c1-2-11-7-9(1)8-13(11)10-3-5-12-6-4-10/h9-12H,1-8H2. The van der Waals surface area contributed by atoms with Gasteiger partial charge < -0.3 is 5.32 Å². The van der Waals surface area contributed by atoms with E-state index in [4.69, 9.17) is 0 Å². The number of nitrogens with zero attached hydrogens (tertiary/aromatic N) is 1. The Morgan fingerprint density at radius 2 is 1.77 bits per heavy atom. The van der Waals surface area contributed by atoms with Gasteiger partial charge in [-0.1, -0.05) is 0 Å². The maximum absolute atomic E-state index is 3.46. The molecule has 2 bridgehead atoms. The maximum Gasteiger partial charge on any atom is 0.0122 e. The highest BCUT2D eigenvalue weighted by molar-refractivity contribution is 4.95. The van der Waals surface area contributed by atoms with Crippen molar-refractivity contribution in [1.82, 2.24) is 10.2 Å².